The largest absolute Gasteiger partial charge is 0.325 e. The molecule has 1 fully saturated rings. The van der Waals surface area contributed by atoms with E-state index in [2.05, 4.69) is 0 Å². The topological polar surface area (TPSA) is 40.6 Å². The highest BCUT2D eigenvalue weighted by molar-refractivity contribution is 8.13. The van der Waals surface area contributed by atoms with Gasteiger partial charge in [-0.3, -0.25) is 9.11 Å². The minimum atomic E-state index is -1.20. The second-order valence-electron chi connectivity index (χ2n) is 2.28. The van der Waals surface area contributed by atoms with Crippen molar-refractivity contribution in [2.45, 2.75) is 0 Å². The molecule has 0 saturated carbocycles. The van der Waals surface area contributed by atoms with Crippen molar-refractivity contribution in [1.82, 2.24) is 9.80 Å². The number of nitrogens with zero attached hydrogens (tertiary/aromatic N) is 2. The van der Waals surface area contributed by atoms with Gasteiger partial charge in [0.1, 0.15) is 16.7 Å². The van der Waals surface area contributed by atoms with Gasteiger partial charge in [0.2, 0.25) is 0 Å². The Morgan fingerprint density at radius 1 is 1.55 bits per heavy atom. The molecule has 62 valence electrons. The second-order valence-corrected chi connectivity index (χ2v) is 4.26. The van der Waals surface area contributed by atoms with Gasteiger partial charge < -0.3 is 4.90 Å². The minimum absolute atomic E-state index is 0.199. The van der Waals surface area contributed by atoms with Crippen molar-refractivity contribution < 1.29 is 9.00 Å². The standard InChI is InChI=1S/C5H8N2O2S2/c1-6-3-11(9)5(10)7(2)4(6)8/h3H2,1-2H3. The normalized spacial score (nSPS) is 26.2. The van der Waals surface area contributed by atoms with Gasteiger partial charge in [-0.05, 0) is 12.2 Å². The average molecular weight is 192 g/mol. The Kier molecular flexibility index (Phi) is 2.24. The molecule has 0 aromatic carbocycles. The molecule has 0 radical (unpaired) electrons. The van der Waals surface area contributed by atoms with E-state index < -0.39 is 10.8 Å². The molecule has 1 saturated heterocycles. The lowest BCUT2D eigenvalue weighted by molar-refractivity contribution is 0.198. The van der Waals surface area contributed by atoms with E-state index in [1.807, 2.05) is 0 Å². The molecule has 1 rings (SSSR count). The van der Waals surface area contributed by atoms with E-state index in [1.54, 1.807) is 7.05 Å². The smallest absolute Gasteiger partial charge is 0.315 e. The molecule has 1 aliphatic rings. The summed E-state index contributed by atoms with van der Waals surface area (Å²) >= 11 is 4.76. The Balaban J connectivity index is 2.87. The molecule has 1 atom stereocenters. The molecular formula is C5H8N2O2S2. The quantitative estimate of drug-likeness (QED) is 0.506. The van der Waals surface area contributed by atoms with Crippen LogP contribution in [0, 0.1) is 0 Å². The predicted octanol–water partition coefficient (Wildman–Crippen LogP) is -0.0253. The highest BCUT2D eigenvalue weighted by Crippen LogP contribution is 2.07. The maximum atomic E-state index is 11.1. The maximum Gasteiger partial charge on any atom is 0.325 e. The summed E-state index contributed by atoms with van der Waals surface area (Å²) in [6.07, 6.45) is 0. The number of carbonyl (C=O) groups is 1. The van der Waals surface area contributed by atoms with Crippen LogP contribution in [-0.2, 0) is 10.8 Å². The number of hydrogen-bond acceptors (Lipinski definition) is 3. The van der Waals surface area contributed by atoms with Gasteiger partial charge in [-0.25, -0.2) is 4.79 Å². The predicted molar refractivity (Wildman–Crippen MR) is 46.5 cm³/mol. The summed E-state index contributed by atoms with van der Waals surface area (Å²) in [7, 11) is 1.92. The van der Waals surface area contributed by atoms with E-state index in [0.717, 1.165) is 0 Å². The Bertz CT molecular complexity index is 241. The molecule has 0 aromatic heterocycles. The second kappa shape index (κ2) is 2.86. The van der Waals surface area contributed by atoms with E-state index in [-0.39, 0.29) is 16.2 Å². The number of thiocarbonyl (C=S) groups is 1. The molecule has 0 N–H and O–H groups in total. The number of amides is 2. The van der Waals surface area contributed by atoms with Gasteiger partial charge in [-0.2, -0.15) is 0 Å². The van der Waals surface area contributed by atoms with Gasteiger partial charge in [0, 0.05) is 14.1 Å². The molecule has 0 aromatic rings. The summed E-state index contributed by atoms with van der Waals surface area (Å²) in [5, 5.41) is 0. The highest BCUT2D eigenvalue weighted by atomic mass is 32.2. The lowest BCUT2D eigenvalue weighted by Crippen LogP contribution is -2.50. The summed E-state index contributed by atoms with van der Waals surface area (Å²) in [5.41, 5.74) is 0. The molecule has 0 aliphatic carbocycles. The molecule has 0 spiro atoms. The first-order valence-electron chi connectivity index (χ1n) is 2.95. The average Bonchev–Trinajstić information content (AvgIpc) is 1.97. The van der Waals surface area contributed by atoms with Crippen molar-refractivity contribution in [3.63, 3.8) is 0 Å². The minimum Gasteiger partial charge on any atom is -0.315 e. The van der Waals surface area contributed by atoms with Crippen LogP contribution in [0.15, 0.2) is 0 Å². The molecule has 0 bridgehead atoms. The molecule has 1 heterocycles. The first-order chi connectivity index (χ1) is 5.04. The van der Waals surface area contributed by atoms with Crippen LogP contribution in [0.5, 0.6) is 0 Å². The molecule has 6 heteroatoms. The monoisotopic (exact) mass is 192 g/mol. The molecule has 1 aliphatic heterocycles. The molecular weight excluding hydrogens is 184 g/mol. The van der Waals surface area contributed by atoms with Gasteiger partial charge in [-0.15, -0.1) is 0 Å². The van der Waals surface area contributed by atoms with Crippen LogP contribution in [0.4, 0.5) is 4.79 Å². The summed E-state index contributed by atoms with van der Waals surface area (Å²) in [4.78, 5) is 13.7. The van der Waals surface area contributed by atoms with Gasteiger partial charge in [0.15, 0.2) is 4.32 Å². The van der Waals surface area contributed by atoms with Crippen LogP contribution in [0.1, 0.15) is 0 Å². The van der Waals surface area contributed by atoms with Crippen LogP contribution < -0.4 is 0 Å². The fraction of sp³-hybridized carbons (Fsp3) is 0.600. The molecule has 2 amide bonds. The summed E-state index contributed by atoms with van der Waals surface area (Å²) < 4.78 is 11.3. The zero-order chi connectivity index (χ0) is 8.59. The lowest BCUT2D eigenvalue weighted by atomic mass is 10.7. The van der Waals surface area contributed by atoms with Crippen molar-refractivity contribution in [2.24, 2.45) is 0 Å². The highest BCUT2D eigenvalue weighted by Gasteiger charge is 2.28. The number of carbonyl (C=O) groups excluding carboxylic acids is 1. The lowest BCUT2D eigenvalue weighted by Gasteiger charge is -2.29. The first-order valence-corrected chi connectivity index (χ1v) is 4.68. The maximum absolute atomic E-state index is 11.1. The first kappa shape index (κ1) is 8.61. The third-order valence-electron chi connectivity index (χ3n) is 1.39. The Morgan fingerprint density at radius 3 is 2.64 bits per heavy atom. The zero-order valence-electron chi connectivity index (χ0n) is 6.23. The van der Waals surface area contributed by atoms with E-state index in [0.29, 0.717) is 0 Å². The Labute approximate surface area is 72.6 Å². The van der Waals surface area contributed by atoms with Crippen LogP contribution in [-0.4, -0.2) is 44.3 Å². The SMILES string of the molecule is CN1CS(=O)C(=S)N(C)C1=O. The van der Waals surface area contributed by atoms with Crippen LogP contribution in [0.25, 0.3) is 0 Å². The third kappa shape index (κ3) is 1.41. The van der Waals surface area contributed by atoms with Gasteiger partial charge >= 0.3 is 6.03 Å². The van der Waals surface area contributed by atoms with Gasteiger partial charge in [-0.1, -0.05) is 0 Å². The molecule has 4 nitrogen and oxygen atoms in total. The number of rotatable bonds is 0. The van der Waals surface area contributed by atoms with Gasteiger partial charge in [0.05, 0.1) is 0 Å². The van der Waals surface area contributed by atoms with Crippen LogP contribution >= 0.6 is 12.2 Å². The van der Waals surface area contributed by atoms with E-state index in [1.165, 1.54) is 16.8 Å². The summed E-state index contributed by atoms with van der Waals surface area (Å²) in [6.45, 7) is 0. The van der Waals surface area contributed by atoms with Crippen molar-refractivity contribution in [3.8, 4) is 0 Å². The Hall–Kier alpha value is -0.490. The summed E-state index contributed by atoms with van der Waals surface area (Å²) in [5.74, 6) is 0.210. The van der Waals surface area contributed by atoms with Gasteiger partial charge in [0.25, 0.3) is 0 Å². The van der Waals surface area contributed by atoms with E-state index in [9.17, 15) is 9.00 Å². The van der Waals surface area contributed by atoms with Crippen molar-refractivity contribution in [2.75, 3.05) is 20.0 Å². The molecule has 11 heavy (non-hydrogen) atoms. The Morgan fingerprint density at radius 2 is 2.09 bits per heavy atom. The van der Waals surface area contributed by atoms with E-state index >= 15 is 0 Å². The molecule has 1 unspecified atom stereocenters. The fourth-order valence-corrected chi connectivity index (χ4v) is 1.97. The van der Waals surface area contributed by atoms with Crippen molar-refractivity contribution in [3.05, 3.63) is 0 Å². The number of urea groups is 1. The fourth-order valence-electron chi connectivity index (χ4n) is 0.773. The van der Waals surface area contributed by atoms with E-state index in [4.69, 9.17) is 12.2 Å². The van der Waals surface area contributed by atoms with Crippen molar-refractivity contribution >= 4 is 33.4 Å². The number of hydrogen-bond donors (Lipinski definition) is 0. The van der Waals surface area contributed by atoms with Crippen LogP contribution in [0.2, 0.25) is 0 Å². The van der Waals surface area contributed by atoms with Crippen LogP contribution in [0.3, 0.4) is 0 Å². The zero-order valence-corrected chi connectivity index (χ0v) is 7.87. The summed E-state index contributed by atoms with van der Waals surface area (Å²) in [6, 6.07) is -0.199. The van der Waals surface area contributed by atoms with Crippen molar-refractivity contribution in [1.29, 1.82) is 0 Å². The third-order valence-corrected chi connectivity index (χ3v) is 3.51.